The molecule has 3 heterocycles. The summed E-state index contributed by atoms with van der Waals surface area (Å²) in [6.07, 6.45) is 2.93. The fourth-order valence-electron chi connectivity index (χ4n) is 3.38. The second kappa shape index (κ2) is 5.79. The highest BCUT2D eigenvalue weighted by Crippen LogP contribution is 2.22. The van der Waals surface area contributed by atoms with E-state index in [-0.39, 0.29) is 5.69 Å². The normalized spacial score (nSPS) is 18.0. The summed E-state index contributed by atoms with van der Waals surface area (Å²) in [6, 6.07) is 12.2. The molecule has 1 aromatic carbocycles. The lowest BCUT2D eigenvalue weighted by atomic mass is 10.2. The molecule has 6 nitrogen and oxygen atoms in total. The Bertz CT molecular complexity index is 909. The van der Waals surface area contributed by atoms with Gasteiger partial charge in [-0.2, -0.15) is 0 Å². The maximum atomic E-state index is 12.3. The van der Waals surface area contributed by atoms with Crippen LogP contribution in [0.2, 0.25) is 0 Å². The van der Waals surface area contributed by atoms with Crippen LogP contribution in [0.15, 0.2) is 47.4 Å². The molecule has 1 N–H and O–H groups in total. The van der Waals surface area contributed by atoms with E-state index in [0.29, 0.717) is 6.04 Å². The van der Waals surface area contributed by atoms with Gasteiger partial charge in [-0.15, -0.1) is 0 Å². The van der Waals surface area contributed by atoms with E-state index in [1.807, 2.05) is 36.4 Å². The molecule has 6 heteroatoms. The van der Waals surface area contributed by atoms with E-state index >= 15 is 0 Å². The minimum atomic E-state index is -0.139. The van der Waals surface area contributed by atoms with Gasteiger partial charge in [0.2, 0.25) is 0 Å². The van der Waals surface area contributed by atoms with Crippen LogP contribution in [-0.4, -0.2) is 52.7 Å². The van der Waals surface area contributed by atoms with Gasteiger partial charge in [-0.25, -0.2) is 9.78 Å². The zero-order valence-electron chi connectivity index (χ0n) is 13.9. The van der Waals surface area contributed by atoms with Crippen molar-refractivity contribution in [3.8, 4) is 5.69 Å². The van der Waals surface area contributed by atoms with Gasteiger partial charge in [0.15, 0.2) is 0 Å². The van der Waals surface area contributed by atoms with Crippen molar-refractivity contribution in [3.05, 3.63) is 53.1 Å². The molecule has 24 heavy (non-hydrogen) atoms. The van der Waals surface area contributed by atoms with Crippen molar-refractivity contribution in [2.45, 2.75) is 12.5 Å². The predicted octanol–water partition coefficient (Wildman–Crippen LogP) is 1.85. The highest BCUT2D eigenvalue weighted by atomic mass is 16.1. The van der Waals surface area contributed by atoms with Crippen molar-refractivity contribution in [1.82, 2.24) is 19.4 Å². The first kappa shape index (κ1) is 15.0. The number of aromatic nitrogens is 3. The molecule has 0 bridgehead atoms. The van der Waals surface area contributed by atoms with Gasteiger partial charge in [-0.1, -0.05) is 12.1 Å². The Balaban J connectivity index is 1.65. The summed E-state index contributed by atoms with van der Waals surface area (Å²) in [4.78, 5) is 24.3. The largest absolute Gasteiger partial charge is 0.355 e. The van der Waals surface area contributed by atoms with Crippen LogP contribution in [-0.2, 0) is 0 Å². The molecule has 0 saturated carbocycles. The summed E-state index contributed by atoms with van der Waals surface area (Å²) in [5, 5.41) is 0. The van der Waals surface area contributed by atoms with Gasteiger partial charge in [0, 0.05) is 19.1 Å². The molecule has 1 aliphatic rings. The molecule has 124 valence electrons. The number of rotatable bonds is 3. The van der Waals surface area contributed by atoms with E-state index in [4.69, 9.17) is 0 Å². The number of H-pyrrole nitrogens is 1. The SMILES string of the molecule is CN(C)C1CCN(c2ccc(-n3c(=O)[nH]c4ccccc43)cn2)C1. The predicted molar refractivity (Wildman–Crippen MR) is 96.0 cm³/mol. The third-order valence-corrected chi connectivity index (χ3v) is 4.80. The van der Waals surface area contributed by atoms with Crippen LogP contribution in [0.3, 0.4) is 0 Å². The number of para-hydroxylation sites is 2. The molecule has 0 aliphatic carbocycles. The van der Waals surface area contributed by atoms with Crippen molar-refractivity contribution in [3.63, 3.8) is 0 Å². The van der Waals surface area contributed by atoms with Crippen LogP contribution in [0.4, 0.5) is 5.82 Å². The maximum Gasteiger partial charge on any atom is 0.331 e. The van der Waals surface area contributed by atoms with Gasteiger partial charge in [-0.05, 0) is 44.8 Å². The molecular formula is C18H21N5O. The lowest BCUT2D eigenvalue weighted by Crippen LogP contribution is -2.31. The second-order valence-electron chi connectivity index (χ2n) is 6.51. The van der Waals surface area contributed by atoms with Gasteiger partial charge in [0.05, 0.1) is 22.9 Å². The Hall–Kier alpha value is -2.60. The van der Waals surface area contributed by atoms with E-state index in [0.717, 1.165) is 42.0 Å². The first-order chi connectivity index (χ1) is 11.6. The number of anilines is 1. The fourth-order valence-corrected chi connectivity index (χ4v) is 3.38. The Labute approximate surface area is 140 Å². The smallest absolute Gasteiger partial charge is 0.331 e. The molecule has 1 atom stereocenters. The van der Waals surface area contributed by atoms with Crippen molar-refractivity contribution in [1.29, 1.82) is 0 Å². The van der Waals surface area contributed by atoms with Crippen LogP contribution < -0.4 is 10.6 Å². The number of likely N-dealkylation sites (N-methyl/N-ethyl adjacent to an activating group) is 1. The highest BCUT2D eigenvalue weighted by molar-refractivity contribution is 5.77. The third-order valence-electron chi connectivity index (χ3n) is 4.80. The molecule has 2 aromatic heterocycles. The summed E-state index contributed by atoms with van der Waals surface area (Å²) in [7, 11) is 4.24. The Morgan fingerprint density at radius 3 is 2.75 bits per heavy atom. The van der Waals surface area contributed by atoms with E-state index in [1.54, 1.807) is 10.8 Å². The Morgan fingerprint density at radius 2 is 2.04 bits per heavy atom. The number of aromatic amines is 1. The zero-order chi connectivity index (χ0) is 16.7. The van der Waals surface area contributed by atoms with Gasteiger partial charge >= 0.3 is 5.69 Å². The molecule has 3 aromatic rings. The quantitative estimate of drug-likeness (QED) is 0.799. The summed E-state index contributed by atoms with van der Waals surface area (Å²) >= 11 is 0. The topological polar surface area (TPSA) is 57.2 Å². The molecule has 0 amide bonds. The number of nitrogens with one attached hydrogen (secondary N) is 1. The van der Waals surface area contributed by atoms with Crippen LogP contribution >= 0.6 is 0 Å². The zero-order valence-corrected chi connectivity index (χ0v) is 13.9. The lowest BCUT2D eigenvalue weighted by Gasteiger charge is -2.21. The summed E-state index contributed by atoms with van der Waals surface area (Å²) in [6.45, 7) is 2.01. The number of hydrogen-bond donors (Lipinski definition) is 1. The molecule has 1 aliphatic heterocycles. The highest BCUT2D eigenvalue weighted by Gasteiger charge is 2.24. The van der Waals surface area contributed by atoms with Gasteiger partial charge in [-0.3, -0.25) is 4.57 Å². The third kappa shape index (κ3) is 2.49. The van der Waals surface area contributed by atoms with E-state index < -0.39 is 0 Å². The lowest BCUT2D eigenvalue weighted by molar-refractivity contribution is 0.315. The summed E-state index contributed by atoms with van der Waals surface area (Å²) < 4.78 is 1.67. The Kier molecular flexibility index (Phi) is 3.61. The average molecular weight is 323 g/mol. The van der Waals surface area contributed by atoms with Gasteiger partial charge < -0.3 is 14.8 Å². The standard InChI is InChI=1S/C18H21N5O/c1-21(2)14-9-10-22(12-14)17-8-7-13(11-19-17)23-16-6-4-3-5-15(16)20-18(23)24/h3-8,11,14H,9-10,12H2,1-2H3,(H,20,24). The van der Waals surface area contributed by atoms with Crippen molar-refractivity contribution in [2.75, 3.05) is 32.1 Å². The number of hydrogen-bond acceptors (Lipinski definition) is 4. The molecule has 1 saturated heterocycles. The molecule has 0 radical (unpaired) electrons. The van der Waals surface area contributed by atoms with Gasteiger partial charge in [0.25, 0.3) is 0 Å². The first-order valence-electron chi connectivity index (χ1n) is 8.21. The molecule has 0 spiro atoms. The van der Waals surface area contributed by atoms with Crippen molar-refractivity contribution in [2.24, 2.45) is 0 Å². The summed E-state index contributed by atoms with van der Waals surface area (Å²) in [5.74, 6) is 0.969. The second-order valence-corrected chi connectivity index (χ2v) is 6.51. The van der Waals surface area contributed by atoms with E-state index in [2.05, 4.69) is 33.9 Å². The minimum Gasteiger partial charge on any atom is -0.355 e. The van der Waals surface area contributed by atoms with Crippen LogP contribution in [0.1, 0.15) is 6.42 Å². The van der Waals surface area contributed by atoms with Crippen molar-refractivity contribution < 1.29 is 0 Å². The van der Waals surface area contributed by atoms with Crippen molar-refractivity contribution >= 4 is 16.9 Å². The summed E-state index contributed by atoms with van der Waals surface area (Å²) in [5.41, 5.74) is 2.34. The number of nitrogens with zero attached hydrogens (tertiary/aromatic N) is 4. The Morgan fingerprint density at radius 1 is 1.21 bits per heavy atom. The molecule has 1 unspecified atom stereocenters. The number of imidazole rings is 1. The molecular weight excluding hydrogens is 302 g/mol. The molecule has 4 rings (SSSR count). The number of benzene rings is 1. The van der Waals surface area contributed by atoms with E-state index in [9.17, 15) is 4.79 Å². The monoisotopic (exact) mass is 323 g/mol. The maximum absolute atomic E-state index is 12.3. The van der Waals surface area contributed by atoms with E-state index in [1.165, 1.54) is 0 Å². The fraction of sp³-hybridized carbons (Fsp3) is 0.333. The van der Waals surface area contributed by atoms with Crippen LogP contribution in [0.25, 0.3) is 16.7 Å². The average Bonchev–Trinajstić information content (AvgIpc) is 3.19. The number of fused-ring (bicyclic) bond motifs is 1. The van der Waals surface area contributed by atoms with Crippen LogP contribution in [0, 0.1) is 0 Å². The van der Waals surface area contributed by atoms with Gasteiger partial charge in [0.1, 0.15) is 5.82 Å². The minimum absolute atomic E-state index is 0.139. The van der Waals surface area contributed by atoms with Crippen LogP contribution in [0.5, 0.6) is 0 Å². The molecule has 1 fully saturated rings. The first-order valence-corrected chi connectivity index (χ1v) is 8.21. The number of pyridine rings is 1.